The lowest BCUT2D eigenvalue weighted by Crippen LogP contribution is -2.15. The lowest BCUT2D eigenvalue weighted by atomic mass is 10.2. The SMILES string of the molecule is Cc1nn(Cc2ccccc2Cl)c(C)c1NC(=O)c1ccn(CCC(=O)O)n1. The number of carbonyl (C=O) groups is 2. The van der Waals surface area contributed by atoms with Crippen LogP contribution in [-0.2, 0) is 17.9 Å². The minimum atomic E-state index is -0.918. The number of aryl methyl sites for hydroxylation is 2. The van der Waals surface area contributed by atoms with Crippen molar-refractivity contribution in [2.24, 2.45) is 0 Å². The number of benzene rings is 1. The maximum absolute atomic E-state index is 12.5. The lowest BCUT2D eigenvalue weighted by molar-refractivity contribution is -0.137. The number of anilines is 1. The predicted molar refractivity (Wildman–Crippen MR) is 105 cm³/mol. The fourth-order valence-corrected chi connectivity index (χ4v) is 3.01. The molecule has 1 amide bonds. The van der Waals surface area contributed by atoms with Crippen LogP contribution in [0, 0.1) is 13.8 Å². The van der Waals surface area contributed by atoms with Crippen molar-refractivity contribution in [3.63, 3.8) is 0 Å². The van der Waals surface area contributed by atoms with Crippen LogP contribution in [0.5, 0.6) is 0 Å². The van der Waals surface area contributed by atoms with Gasteiger partial charge in [-0.05, 0) is 31.5 Å². The first-order chi connectivity index (χ1) is 13.3. The predicted octanol–water partition coefficient (Wildman–Crippen LogP) is 3.13. The molecule has 0 aliphatic carbocycles. The number of rotatable bonds is 7. The molecule has 3 rings (SSSR count). The minimum absolute atomic E-state index is 0.0598. The van der Waals surface area contributed by atoms with E-state index >= 15 is 0 Å². The van der Waals surface area contributed by atoms with Gasteiger partial charge in [-0.3, -0.25) is 19.0 Å². The normalized spacial score (nSPS) is 10.8. The molecule has 2 N–H and O–H groups in total. The quantitative estimate of drug-likeness (QED) is 0.633. The summed E-state index contributed by atoms with van der Waals surface area (Å²) in [5.74, 6) is -1.30. The number of hydrogen-bond acceptors (Lipinski definition) is 4. The second-order valence-corrected chi connectivity index (χ2v) is 6.76. The first-order valence-electron chi connectivity index (χ1n) is 8.69. The van der Waals surface area contributed by atoms with Gasteiger partial charge in [0.1, 0.15) is 0 Å². The van der Waals surface area contributed by atoms with Crippen LogP contribution in [0.1, 0.15) is 33.9 Å². The molecule has 0 aliphatic rings. The van der Waals surface area contributed by atoms with E-state index in [9.17, 15) is 9.59 Å². The van der Waals surface area contributed by atoms with E-state index in [1.54, 1.807) is 16.9 Å². The topological polar surface area (TPSA) is 102 Å². The Morgan fingerprint density at radius 1 is 1.18 bits per heavy atom. The molecule has 0 spiro atoms. The molecule has 0 saturated carbocycles. The van der Waals surface area contributed by atoms with Gasteiger partial charge in [0.2, 0.25) is 0 Å². The zero-order chi connectivity index (χ0) is 20.3. The number of carboxylic acid groups (broad SMARTS) is 1. The van der Waals surface area contributed by atoms with Gasteiger partial charge in [-0.1, -0.05) is 29.8 Å². The number of amides is 1. The molecule has 0 radical (unpaired) electrons. The number of carbonyl (C=O) groups excluding carboxylic acids is 1. The number of nitrogens with zero attached hydrogens (tertiary/aromatic N) is 4. The van der Waals surface area contributed by atoms with Crippen LogP contribution >= 0.6 is 11.6 Å². The molecular formula is C19H20ClN5O3. The molecule has 0 aliphatic heterocycles. The number of aliphatic carboxylic acids is 1. The van der Waals surface area contributed by atoms with E-state index in [0.717, 1.165) is 11.3 Å². The molecule has 146 valence electrons. The van der Waals surface area contributed by atoms with E-state index < -0.39 is 5.97 Å². The van der Waals surface area contributed by atoms with Gasteiger partial charge in [0.25, 0.3) is 5.91 Å². The molecule has 1 aromatic carbocycles. The Hall–Kier alpha value is -3.13. The number of carboxylic acids is 1. The molecule has 0 unspecified atom stereocenters. The lowest BCUT2D eigenvalue weighted by Gasteiger charge is -2.08. The summed E-state index contributed by atoms with van der Waals surface area (Å²) in [6, 6.07) is 9.09. The Balaban J connectivity index is 1.74. The van der Waals surface area contributed by atoms with Crippen LogP contribution in [0.4, 0.5) is 5.69 Å². The Morgan fingerprint density at radius 2 is 1.93 bits per heavy atom. The van der Waals surface area contributed by atoms with Gasteiger partial charge in [0, 0.05) is 11.2 Å². The van der Waals surface area contributed by atoms with Gasteiger partial charge in [-0.2, -0.15) is 10.2 Å². The van der Waals surface area contributed by atoms with Crippen molar-refractivity contribution in [3.8, 4) is 0 Å². The fraction of sp³-hybridized carbons (Fsp3) is 0.263. The van der Waals surface area contributed by atoms with Crippen molar-refractivity contribution in [1.82, 2.24) is 19.6 Å². The third kappa shape index (κ3) is 4.40. The highest BCUT2D eigenvalue weighted by Gasteiger charge is 2.17. The molecule has 9 heteroatoms. The first kappa shape index (κ1) is 19.6. The number of halogens is 1. The summed E-state index contributed by atoms with van der Waals surface area (Å²) in [5, 5.41) is 20.9. The number of nitrogens with one attached hydrogen (secondary N) is 1. The summed E-state index contributed by atoms with van der Waals surface area (Å²) >= 11 is 6.23. The van der Waals surface area contributed by atoms with Gasteiger partial charge in [-0.25, -0.2) is 0 Å². The number of aromatic nitrogens is 4. The largest absolute Gasteiger partial charge is 0.481 e. The van der Waals surface area contributed by atoms with Crippen molar-refractivity contribution in [1.29, 1.82) is 0 Å². The van der Waals surface area contributed by atoms with Gasteiger partial charge in [0.05, 0.1) is 36.6 Å². The maximum Gasteiger partial charge on any atom is 0.305 e. The van der Waals surface area contributed by atoms with Gasteiger partial charge in [-0.15, -0.1) is 0 Å². The molecule has 0 bridgehead atoms. The molecule has 28 heavy (non-hydrogen) atoms. The zero-order valence-corrected chi connectivity index (χ0v) is 16.3. The van der Waals surface area contributed by atoms with Gasteiger partial charge in [0.15, 0.2) is 5.69 Å². The Bertz CT molecular complexity index is 1020. The third-order valence-corrected chi connectivity index (χ3v) is 4.69. The molecule has 0 saturated heterocycles. The van der Waals surface area contributed by atoms with E-state index in [1.807, 2.05) is 38.1 Å². The summed E-state index contributed by atoms with van der Waals surface area (Å²) in [6.45, 7) is 4.39. The van der Waals surface area contributed by atoms with E-state index in [0.29, 0.717) is 22.9 Å². The van der Waals surface area contributed by atoms with Crippen LogP contribution in [-0.4, -0.2) is 36.5 Å². The van der Waals surface area contributed by atoms with Crippen LogP contribution in [0.3, 0.4) is 0 Å². The van der Waals surface area contributed by atoms with E-state index in [1.165, 1.54) is 4.68 Å². The van der Waals surface area contributed by atoms with Crippen molar-refractivity contribution < 1.29 is 14.7 Å². The van der Waals surface area contributed by atoms with Gasteiger partial charge < -0.3 is 10.4 Å². The molecule has 8 nitrogen and oxygen atoms in total. The molecule has 0 atom stereocenters. The number of hydrogen-bond donors (Lipinski definition) is 2. The second-order valence-electron chi connectivity index (χ2n) is 6.36. The fourth-order valence-electron chi connectivity index (χ4n) is 2.81. The summed E-state index contributed by atoms with van der Waals surface area (Å²) in [7, 11) is 0. The van der Waals surface area contributed by atoms with Crippen molar-refractivity contribution in [3.05, 3.63) is 64.2 Å². The van der Waals surface area contributed by atoms with Crippen LogP contribution < -0.4 is 5.32 Å². The van der Waals surface area contributed by atoms with Crippen LogP contribution in [0.15, 0.2) is 36.5 Å². The van der Waals surface area contributed by atoms with Crippen molar-refractivity contribution in [2.75, 3.05) is 5.32 Å². The zero-order valence-electron chi connectivity index (χ0n) is 15.5. The standard InChI is InChI=1S/C19H20ClN5O3/c1-12-18(13(2)25(22-12)11-14-5-3-4-6-15(14)20)21-19(28)16-7-9-24(23-16)10-8-17(26)27/h3-7,9H,8,10-11H2,1-2H3,(H,21,28)(H,26,27). The molecule has 2 heterocycles. The highest BCUT2D eigenvalue weighted by atomic mass is 35.5. The minimum Gasteiger partial charge on any atom is -0.481 e. The Labute approximate surface area is 166 Å². The maximum atomic E-state index is 12.5. The molecule has 0 fully saturated rings. The van der Waals surface area contributed by atoms with Crippen molar-refractivity contribution in [2.45, 2.75) is 33.4 Å². The molecule has 2 aromatic heterocycles. The van der Waals surface area contributed by atoms with E-state index in [-0.39, 0.29) is 24.6 Å². The highest BCUT2D eigenvalue weighted by molar-refractivity contribution is 6.31. The Kier molecular flexibility index (Phi) is 5.79. The highest BCUT2D eigenvalue weighted by Crippen LogP contribution is 2.23. The van der Waals surface area contributed by atoms with Crippen LogP contribution in [0.25, 0.3) is 0 Å². The third-order valence-electron chi connectivity index (χ3n) is 4.33. The second kappa shape index (κ2) is 8.26. The van der Waals surface area contributed by atoms with Gasteiger partial charge >= 0.3 is 5.97 Å². The summed E-state index contributed by atoms with van der Waals surface area (Å²) < 4.78 is 3.22. The summed E-state index contributed by atoms with van der Waals surface area (Å²) in [6.07, 6.45) is 1.52. The Morgan fingerprint density at radius 3 is 2.64 bits per heavy atom. The summed E-state index contributed by atoms with van der Waals surface area (Å²) in [4.78, 5) is 23.2. The van der Waals surface area contributed by atoms with Crippen LogP contribution in [0.2, 0.25) is 5.02 Å². The monoisotopic (exact) mass is 401 g/mol. The molecular weight excluding hydrogens is 382 g/mol. The average molecular weight is 402 g/mol. The smallest absolute Gasteiger partial charge is 0.305 e. The van der Waals surface area contributed by atoms with E-state index in [2.05, 4.69) is 15.5 Å². The first-order valence-corrected chi connectivity index (χ1v) is 9.07. The van der Waals surface area contributed by atoms with E-state index in [4.69, 9.17) is 16.7 Å². The summed E-state index contributed by atoms with van der Waals surface area (Å²) in [5.41, 5.74) is 3.25. The molecule has 3 aromatic rings. The average Bonchev–Trinajstić information content (AvgIpc) is 3.22. The van der Waals surface area contributed by atoms with Crippen molar-refractivity contribution >= 4 is 29.2 Å².